The molecule has 4 rings (SSSR count). The van der Waals surface area contributed by atoms with Crippen LogP contribution in [0.3, 0.4) is 0 Å². The summed E-state index contributed by atoms with van der Waals surface area (Å²) in [5.74, 6) is 1.76. The third-order valence-electron chi connectivity index (χ3n) is 4.72. The van der Waals surface area contributed by atoms with Crippen LogP contribution in [0.25, 0.3) is 21.3 Å². The van der Waals surface area contributed by atoms with Crippen molar-refractivity contribution in [2.45, 2.75) is 19.1 Å². The fourth-order valence-electron chi connectivity index (χ4n) is 3.34. The second-order valence-electron chi connectivity index (χ2n) is 7.10. The Balaban J connectivity index is 1.79. The minimum Gasteiger partial charge on any atom is -0.335 e. The Labute approximate surface area is 177 Å². The molecule has 3 heterocycles. The van der Waals surface area contributed by atoms with Gasteiger partial charge in [-0.3, -0.25) is 14.2 Å². The van der Waals surface area contributed by atoms with Gasteiger partial charge in [-0.05, 0) is 40.5 Å². The number of fused-ring (bicyclic) bond motifs is 1. The maximum absolute atomic E-state index is 13.7. The average Bonchev–Trinajstić information content (AvgIpc) is 3.03. The number of benzene rings is 1. The number of carbonyl (C=O) groups excluding carboxylic acids is 1. The highest BCUT2D eigenvalue weighted by Gasteiger charge is 2.41. The molecule has 29 heavy (non-hydrogen) atoms. The quantitative estimate of drug-likeness (QED) is 0.541. The summed E-state index contributed by atoms with van der Waals surface area (Å²) in [6.07, 6.45) is 6.91. The van der Waals surface area contributed by atoms with E-state index < -0.39 is 17.0 Å². The number of terminal acetylenes is 1. The first-order chi connectivity index (χ1) is 13.7. The number of hydrogen-bond acceptors (Lipinski definition) is 4. The van der Waals surface area contributed by atoms with Gasteiger partial charge < -0.3 is 4.90 Å². The Morgan fingerprint density at radius 3 is 2.79 bits per heavy atom. The zero-order valence-corrected chi connectivity index (χ0v) is 17.6. The van der Waals surface area contributed by atoms with Crippen molar-refractivity contribution in [1.82, 2.24) is 14.5 Å². The maximum Gasteiger partial charge on any atom is 0.263 e. The lowest BCUT2D eigenvalue weighted by molar-refractivity contribution is -0.144. The molecule has 0 radical (unpaired) electrons. The summed E-state index contributed by atoms with van der Waals surface area (Å²) < 4.78 is 28.8. The monoisotopic (exact) mass is 477 g/mol. The predicted molar refractivity (Wildman–Crippen MR) is 111 cm³/mol. The first-order valence-electron chi connectivity index (χ1n) is 8.61. The highest BCUT2D eigenvalue weighted by molar-refractivity contribution is 9.10. The molecule has 3 aromatic rings. The van der Waals surface area contributed by atoms with E-state index in [-0.39, 0.29) is 35.4 Å². The zero-order valence-electron chi connectivity index (χ0n) is 15.2. The fraction of sp³-hybridized carbons (Fsp3) is 0.250. The van der Waals surface area contributed by atoms with E-state index in [1.54, 1.807) is 6.07 Å². The lowest BCUT2D eigenvalue weighted by Gasteiger charge is -2.42. The van der Waals surface area contributed by atoms with Gasteiger partial charge >= 0.3 is 0 Å². The number of nitrogens with zero attached hydrogens (tertiary/aromatic N) is 3. The molecule has 0 spiro atoms. The van der Waals surface area contributed by atoms with Crippen LogP contribution in [0.1, 0.15) is 11.8 Å². The van der Waals surface area contributed by atoms with E-state index in [1.165, 1.54) is 46.2 Å². The largest absolute Gasteiger partial charge is 0.335 e. The van der Waals surface area contributed by atoms with E-state index >= 15 is 0 Å². The van der Waals surface area contributed by atoms with Crippen molar-refractivity contribution in [3.63, 3.8) is 0 Å². The van der Waals surface area contributed by atoms with Gasteiger partial charge in [-0.25, -0.2) is 13.8 Å². The van der Waals surface area contributed by atoms with E-state index in [1.807, 2.05) is 0 Å². The molecule has 0 saturated carbocycles. The molecule has 0 aliphatic carbocycles. The van der Waals surface area contributed by atoms with E-state index in [2.05, 4.69) is 26.8 Å². The molecule has 1 aromatic carbocycles. The fourth-order valence-corrected chi connectivity index (χ4v) is 4.68. The van der Waals surface area contributed by atoms with E-state index in [0.29, 0.717) is 20.8 Å². The van der Waals surface area contributed by atoms with Crippen LogP contribution >= 0.6 is 27.3 Å². The van der Waals surface area contributed by atoms with E-state index in [0.717, 1.165) is 0 Å². The van der Waals surface area contributed by atoms with Crippen molar-refractivity contribution in [1.29, 1.82) is 0 Å². The van der Waals surface area contributed by atoms with Gasteiger partial charge in [0.05, 0.1) is 34.2 Å². The standard InChI is InChI=1S/C20H14BrF2N3O2S/c1-3-14-16(11-4-5-13(22)12(21)6-11)17-18(29-14)24-10-25(19(17)28)7-15(27)26-8-20(2,23)9-26/h1,4-6,10H,7-9H2,2H3. The summed E-state index contributed by atoms with van der Waals surface area (Å²) in [7, 11) is 0. The van der Waals surface area contributed by atoms with Gasteiger partial charge in [-0.15, -0.1) is 17.8 Å². The molecule has 0 bridgehead atoms. The van der Waals surface area contributed by atoms with Gasteiger partial charge in [0.2, 0.25) is 5.91 Å². The van der Waals surface area contributed by atoms with Crippen molar-refractivity contribution < 1.29 is 13.6 Å². The number of alkyl halides is 1. The molecular weight excluding hydrogens is 464 g/mol. The van der Waals surface area contributed by atoms with Gasteiger partial charge in [-0.1, -0.05) is 12.0 Å². The molecule has 1 aliphatic heterocycles. The molecule has 5 nitrogen and oxygen atoms in total. The number of carbonyl (C=O) groups is 1. The number of likely N-dealkylation sites (tertiary alicyclic amines) is 1. The maximum atomic E-state index is 13.7. The summed E-state index contributed by atoms with van der Waals surface area (Å²) in [5, 5.41) is 0.274. The first kappa shape index (κ1) is 19.7. The van der Waals surface area contributed by atoms with Crippen LogP contribution < -0.4 is 5.56 Å². The molecule has 1 fully saturated rings. The highest BCUT2D eigenvalue weighted by atomic mass is 79.9. The predicted octanol–water partition coefficient (Wildman–Crippen LogP) is 3.58. The lowest BCUT2D eigenvalue weighted by atomic mass is 9.99. The summed E-state index contributed by atoms with van der Waals surface area (Å²) in [5.41, 5.74) is -0.773. The Morgan fingerprint density at radius 2 is 2.17 bits per heavy atom. The van der Waals surface area contributed by atoms with Crippen LogP contribution in [0, 0.1) is 18.2 Å². The van der Waals surface area contributed by atoms with Gasteiger partial charge in [0.1, 0.15) is 22.9 Å². The number of aromatic nitrogens is 2. The van der Waals surface area contributed by atoms with Gasteiger partial charge in [0.25, 0.3) is 5.56 Å². The minimum atomic E-state index is -1.39. The van der Waals surface area contributed by atoms with Crippen molar-refractivity contribution in [2.75, 3.05) is 13.1 Å². The second kappa shape index (κ2) is 7.04. The second-order valence-corrected chi connectivity index (χ2v) is 8.95. The van der Waals surface area contributed by atoms with E-state index in [4.69, 9.17) is 6.42 Å². The van der Waals surface area contributed by atoms with Crippen molar-refractivity contribution in [2.24, 2.45) is 0 Å². The summed E-state index contributed by atoms with van der Waals surface area (Å²) >= 11 is 4.32. The van der Waals surface area contributed by atoms with Crippen LogP contribution in [0.4, 0.5) is 8.78 Å². The number of halogens is 3. The van der Waals surface area contributed by atoms with Gasteiger partial charge in [0.15, 0.2) is 0 Å². The van der Waals surface area contributed by atoms with Crippen molar-refractivity contribution in [3.8, 4) is 23.5 Å². The van der Waals surface area contributed by atoms with E-state index in [9.17, 15) is 18.4 Å². The molecule has 9 heteroatoms. The Kier molecular flexibility index (Phi) is 4.79. The van der Waals surface area contributed by atoms with Crippen LogP contribution in [0.5, 0.6) is 0 Å². The van der Waals surface area contributed by atoms with Crippen LogP contribution in [-0.2, 0) is 11.3 Å². The number of thiophene rings is 1. The Bertz CT molecular complexity index is 1250. The average molecular weight is 478 g/mol. The summed E-state index contributed by atoms with van der Waals surface area (Å²) in [6, 6.07) is 4.35. The lowest BCUT2D eigenvalue weighted by Crippen LogP contribution is -2.60. The molecule has 1 saturated heterocycles. The van der Waals surface area contributed by atoms with Crippen LogP contribution in [-0.4, -0.2) is 39.1 Å². The van der Waals surface area contributed by atoms with Gasteiger partial charge in [0, 0.05) is 5.56 Å². The minimum absolute atomic E-state index is 0.00477. The summed E-state index contributed by atoms with van der Waals surface area (Å²) in [4.78, 5) is 32.0. The molecule has 1 aliphatic rings. The summed E-state index contributed by atoms with van der Waals surface area (Å²) in [6.45, 7) is 1.19. The molecule has 2 aromatic heterocycles. The normalized spacial score (nSPS) is 15.2. The molecule has 148 valence electrons. The first-order valence-corrected chi connectivity index (χ1v) is 10.2. The third kappa shape index (κ3) is 3.47. The number of rotatable bonds is 3. The topological polar surface area (TPSA) is 55.2 Å². The van der Waals surface area contributed by atoms with Crippen LogP contribution in [0.2, 0.25) is 0 Å². The molecule has 0 atom stereocenters. The molecule has 0 unspecified atom stereocenters. The molecule has 0 N–H and O–H groups in total. The highest BCUT2D eigenvalue weighted by Crippen LogP contribution is 2.37. The Morgan fingerprint density at radius 1 is 1.45 bits per heavy atom. The number of amides is 1. The van der Waals surface area contributed by atoms with Crippen LogP contribution in [0.15, 0.2) is 33.8 Å². The SMILES string of the molecule is C#Cc1sc2ncn(CC(=O)N3CC(C)(F)C3)c(=O)c2c1-c1ccc(F)c(Br)c1. The van der Waals surface area contributed by atoms with Crippen molar-refractivity contribution in [3.05, 3.63) is 50.0 Å². The number of hydrogen-bond donors (Lipinski definition) is 0. The smallest absolute Gasteiger partial charge is 0.263 e. The molecule has 1 amide bonds. The van der Waals surface area contributed by atoms with Crippen molar-refractivity contribution >= 4 is 43.4 Å². The third-order valence-corrected chi connectivity index (χ3v) is 6.35. The Hall–Kier alpha value is -2.57. The van der Waals surface area contributed by atoms with Gasteiger partial charge in [-0.2, -0.15) is 0 Å². The molecular formula is C20H14BrF2N3O2S. The zero-order chi connectivity index (χ0) is 20.9.